The molecular formula is C11H21BO3. The number of aliphatic hydroxyl groups is 1. The largest absolute Gasteiger partial charge is 0.486 e. The zero-order chi connectivity index (χ0) is 11.9. The van der Waals surface area contributed by atoms with Crippen molar-refractivity contribution in [3.05, 3.63) is 12.1 Å². The van der Waals surface area contributed by atoms with Crippen molar-refractivity contribution in [1.82, 2.24) is 0 Å². The first-order valence-corrected chi connectivity index (χ1v) is 5.31. The van der Waals surface area contributed by atoms with Crippen LogP contribution in [0.15, 0.2) is 12.1 Å². The molecule has 1 N–H and O–H groups in total. The third-order valence-corrected chi connectivity index (χ3v) is 2.93. The van der Waals surface area contributed by atoms with Crippen LogP contribution in [0.1, 0.15) is 41.5 Å². The lowest BCUT2D eigenvalue weighted by Gasteiger charge is -2.32. The highest BCUT2D eigenvalue weighted by atomic mass is 16.7. The summed E-state index contributed by atoms with van der Waals surface area (Å²) in [5, 5.41) is 9.54. The number of hydrogen-bond donors (Lipinski definition) is 1. The molecule has 1 aliphatic rings. The maximum atomic E-state index is 9.54. The van der Waals surface area contributed by atoms with Gasteiger partial charge in [-0.2, -0.15) is 0 Å². The molecule has 0 bridgehead atoms. The molecule has 0 aliphatic carbocycles. The van der Waals surface area contributed by atoms with Crippen molar-refractivity contribution in [2.45, 2.75) is 58.3 Å². The third-order valence-electron chi connectivity index (χ3n) is 2.93. The van der Waals surface area contributed by atoms with Crippen LogP contribution in [0.4, 0.5) is 0 Å². The van der Waals surface area contributed by atoms with Gasteiger partial charge in [0.1, 0.15) is 0 Å². The highest BCUT2D eigenvalue weighted by Gasteiger charge is 2.50. The summed E-state index contributed by atoms with van der Waals surface area (Å²) < 4.78 is 11.5. The van der Waals surface area contributed by atoms with E-state index in [1.807, 2.05) is 27.7 Å². The van der Waals surface area contributed by atoms with Crippen LogP contribution in [0.3, 0.4) is 0 Å². The van der Waals surface area contributed by atoms with Gasteiger partial charge in [0.05, 0.1) is 16.8 Å². The van der Waals surface area contributed by atoms with Crippen LogP contribution in [-0.4, -0.2) is 29.0 Å². The Morgan fingerprint density at radius 1 is 1.07 bits per heavy atom. The van der Waals surface area contributed by atoms with Crippen LogP contribution >= 0.6 is 0 Å². The van der Waals surface area contributed by atoms with Crippen molar-refractivity contribution >= 4 is 7.12 Å². The monoisotopic (exact) mass is 212 g/mol. The molecule has 0 aromatic carbocycles. The minimum absolute atomic E-state index is 0.318. The van der Waals surface area contributed by atoms with Crippen molar-refractivity contribution in [2.24, 2.45) is 0 Å². The van der Waals surface area contributed by atoms with Crippen LogP contribution in [-0.2, 0) is 9.31 Å². The summed E-state index contributed by atoms with van der Waals surface area (Å²) in [5.41, 5.74) is -1.47. The smallest absolute Gasteiger partial charge is 0.400 e. The first-order chi connectivity index (χ1) is 6.54. The maximum Gasteiger partial charge on any atom is 0.486 e. The first-order valence-electron chi connectivity index (χ1n) is 5.31. The fourth-order valence-electron chi connectivity index (χ4n) is 1.28. The molecule has 0 unspecified atom stereocenters. The molecule has 1 heterocycles. The fraction of sp³-hybridized carbons (Fsp3) is 0.818. The topological polar surface area (TPSA) is 38.7 Å². The van der Waals surface area contributed by atoms with Crippen molar-refractivity contribution in [1.29, 1.82) is 0 Å². The summed E-state index contributed by atoms with van der Waals surface area (Å²) in [6, 6.07) is 0. The lowest BCUT2D eigenvalue weighted by molar-refractivity contribution is 0.00578. The molecule has 0 aromatic heterocycles. The Balaban J connectivity index is 2.68. The van der Waals surface area contributed by atoms with Gasteiger partial charge in [-0.1, -0.05) is 12.1 Å². The minimum Gasteiger partial charge on any atom is -0.400 e. The molecule has 0 amide bonds. The predicted octanol–water partition coefficient (Wildman–Crippen LogP) is 1.94. The molecule has 0 aromatic rings. The van der Waals surface area contributed by atoms with E-state index >= 15 is 0 Å². The van der Waals surface area contributed by atoms with Gasteiger partial charge in [0, 0.05) is 0 Å². The molecule has 0 atom stereocenters. The van der Waals surface area contributed by atoms with Gasteiger partial charge in [0.2, 0.25) is 0 Å². The van der Waals surface area contributed by atoms with Gasteiger partial charge in [-0.25, -0.2) is 0 Å². The lowest BCUT2D eigenvalue weighted by atomic mass is 9.88. The second-order valence-corrected chi connectivity index (χ2v) is 5.64. The quantitative estimate of drug-likeness (QED) is 0.711. The van der Waals surface area contributed by atoms with E-state index in [0.717, 1.165) is 0 Å². The van der Waals surface area contributed by atoms with Gasteiger partial charge < -0.3 is 14.4 Å². The van der Waals surface area contributed by atoms with Gasteiger partial charge in [-0.15, -0.1) is 0 Å². The summed E-state index contributed by atoms with van der Waals surface area (Å²) in [4.78, 5) is 0. The second kappa shape index (κ2) is 3.61. The van der Waals surface area contributed by atoms with Crippen LogP contribution < -0.4 is 0 Å². The van der Waals surface area contributed by atoms with E-state index in [1.54, 1.807) is 25.9 Å². The van der Waals surface area contributed by atoms with Crippen LogP contribution in [0.2, 0.25) is 0 Å². The highest BCUT2D eigenvalue weighted by Crippen LogP contribution is 2.36. The molecular weight excluding hydrogens is 191 g/mol. The Bertz CT molecular complexity index is 247. The van der Waals surface area contributed by atoms with E-state index in [-0.39, 0.29) is 18.3 Å². The Hall–Kier alpha value is -0.315. The van der Waals surface area contributed by atoms with Crippen molar-refractivity contribution < 1.29 is 14.4 Å². The van der Waals surface area contributed by atoms with E-state index in [0.29, 0.717) is 0 Å². The second-order valence-electron chi connectivity index (χ2n) is 5.64. The summed E-state index contributed by atoms with van der Waals surface area (Å²) in [5.74, 6) is 1.76. The fourth-order valence-corrected chi connectivity index (χ4v) is 1.28. The van der Waals surface area contributed by atoms with Gasteiger partial charge in [0.15, 0.2) is 0 Å². The normalized spacial score (nSPS) is 25.1. The maximum absolute atomic E-state index is 9.54. The summed E-state index contributed by atoms with van der Waals surface area (Å²) in [6.45, 7) is 11.5. The molecule has 0 saturated carbocycles. The molecule has 86 valence electrons. The van der Waals surface area contributed by atoms with E-state index in [9.17, 15) is 5.11 Å². The van der Waals surface area contributed by atoms with Crippen molar-refractivity contribution in [3.8, 4) is 0 Å². The van der Waals surface area contributed by atoms with E-state index < -0.39 is 5.60 Å². The predicted molar refractivity (Wildman–Crippen MR) is 61.5 cm³/mol. The van der Waals surface area contributed by atoms with E-state index in [1.165, 1.54) is 0 Å². The van der Waals surface area contributed by atoms with Gasteiger partial charge in [-0.05, 0) is 41.5 Å². The Labute approximate surface area is 92.6 Å². The third kappa shape index (κ3) is 3.07. The molecule has 3 nitrogen and oxygen atoms in total. The average Bonchev–Trinajstić information content (AvgIpc) is 2.16. The average molecular weight is 212 g/mol. The SMILES string of the molecule is CC(C)(O)C=CB1OC(C)(C)C(C)(C)O1. The van der Waals surface area contributed by atoms with Crippen molar-refractivity contribution in [2.75, 3.05) is 0 Å². The summed E-state index contributed by atoms with van der Waals surface area (Å²) in [6.07, 6.45) is 1.69. The molecule has 1 rings (SSSR count). The Morgan fingerprint density at radius 3 is 1.80 bits per heavy atom. The zero-order valence-corrected chi connectivity index (χ0v) is 10.5. The first kappa shape index (κ1) is 12.8. The van der Waals surface area contributed by atoms with E-state index in [2.05, 4.69) is 0 Å². The molecule has 4 heteroatoms. The molecule has 1 aliphatic heterocycles. The Kier molecular flexibility index (Phi) is 3.07. The van der Waals surface area contributed by atoms with Gasteiger partial charge in [-0.3, -0.25) is 0 Å². The molecule has 1 fully saturated rings. The molecule has 15 heavy (non-hydrogen) atoms. The minimum atomic E-state index is -0.830. The van der Waals surface area contributed by atoms with E-state index in [4.69, 9.17) is 9.31 Å². The summed E-state index contributed by atoms with van der Waals surface area (Å²) >= 11 is 0. The zero-order valence-electron chi connectivity index (χ0n) is 10.5. The summed E-state index contributed by atoms with van der Waals surface area (Å²) in [7, 11) is -0.374. The van der Waals surface area contributed by atoms with Crippen LogP contribution in [0, 0.1) is 0 Å². The van der Waals surface area contributed by atoms with Crippen molar-refractivity contribution in [3.63, 3.8) is 0 Å². The number of hydrogen-bond acceptors (Lipinski definition) is 3. The molecule has 0 spiro atoms. The molecule has 1 saturated heterocycles. The van der Waals surface area contributed by atoms with Crippen LogP contribution in [0.5, 0.6) is 0 Å². The van der Waals surface area contributed by atoms with Gasteiger partial charge in [0.25, 0.3) is 0 Å². The molecule has 0 radical (unpaired) electrons. The Morgan fingerprint density at radius 2 is 1.47 bits per heavy atom. The lowest BCUT2D eigenvalue weighted by Crippen LogP contribution is -2.41. The van der Waals surface area contributed by atoms with Gasteiger partial charge >= 0.3 is 7.12 Å². The highest BCUT2D eigenvalue weighted by molar-refractivity contribution is 6.51. The standard InChI is InChI=1S/C11H21BO3/c1-9(2,13)7-8-12-14-10(3,4)11(5,6)15-12/h7-8,13H,1-6H3. The number of rotatable bonds is 2. The van der Waals surface area contributed by atoms with Crippen LogP contribution in [0.25, 0.3) is 0 Å².